The van der Waals surface area contributed by atoms with Gasteiger partial charge in [-0.15, -0.1) is 0 Å². The molecule has 0 bridgehead atoms. The molecule has 2 aromatic rings. The Balaban J connectivity index is 1.95. The first-order chi connectivity index (χ1) is 11.1. The average Bonchev–Trinajstić information content (AvgIpc) is 2.81. The number of carbonyl (C=O) groups excluding carboxylic acids is 2. The third kappa shape index (κ3) is 1.89. The van der Waals surface area contributed by atoms with Crippen molar-refractivity contribution in [3.05, 3.63) is 58.9 Å². The second kappa shape index (κ2) is 4.91. The van der Waals surface area contributed by atoms with Crippen LogP contribution in [-0.2, 0) is 20.7 Å². The minimum Gasteiger partial charge on any atom is -0.465 e. The van der Waals surface area contributed by atoms with Gasteiger partial charge in [0, 0.05) is 12.0 Å². The largest absolute Gasteiger partial charge is 0.465 e. The summed E-state index contributed by atoms with van der Waals surface area (Å²) in [6.45, 7) is 1.86. The van der Waals surface area contributed by atoms with E-state index < -0.39 is 17.7 Å². The zero-order valence-corrected chi connectivity index (χ0v) is 12.5. The highest BCUT2D eigenvalue weighted by Gasteiger charge is 2.47. The Bertz CT molecular complexity index is 846. The number of amides is 1. The van der Waals surface area contributed by atoms with Gasteiger partial charge in [0.05, 0.1) is 18.0 Å². The molecule has 116 valence electrons. The van der Waals surface area contributed by atoms with Crippen molar-refractivity contribution in [1.82, 2.24) is 0 Å². The summed E-state index contributed by atoms with van der Waals surface area (Å²) < 4.78 is 19.0. The fourth-order valence-electron chi connectivity index (χ4n) is 3.45. The van der Waals surface area contributed by atoms with Gasteiger partial charge in [-0.25, -0.2) is 4.39 Å². The van der Waals surface area contributed by atoms with Gasteiger partial charge in [0.25, 0.3) is 5.91 Å². The summed E-state index contributed by atoms with van der Waals surface area (Å²) >= 11 is 0. The maximum atomic E-state index is 14.0. The minimum atomic E-state index is -1.09. The Morgan fingerprint density at radius 2 is 2.09 bits per heavy atom. The molecule has 2 aliphatic rings. The lowest BCUT2D eigenvalue weighted by Gasteiger charge is -2.28. The molecular formula is C18H14FNO3. The van der Waals surface area contributed by atoms with Crippen molar-refractivity contribution in [3.8, 4) is 0 Å². The van der Waals surface area contributed by atoms with Gasteiger partial charge in [0.1, 0.15) is 5.82 Å². The zero-order valence-electron chi connectivity index (χ0n) is 12.5. The molecule has 0 N–H and O–H groups in total. The van der Waals surface area contributed by atoms with Gasteiger partial charge in [-0.05, 0) is 36.2 Å². The SMILES string of the molecule is CCOC(=O)C1C(=O)N2c3ccccc3Cc3cc(F)cc1c32. The van der Waals surface area contributed by atoms with Gasteiger partial charge >= 0.3 is 5.97 Å². The van der Waals surface area contributed by atoms with Crippen LogP contribution in [0.15, 0.2) is 36.4 Å². The second-order valence-electron chi connectivity index (χ2n) is 5.67. The van der Waals surface area contributed by atoms with Crippen molar-refractivity contribution in [3.63, 3.8) is 0 Å². The van der Waals surface area contributed by atoms with Crippen molar-refractivity contribution in [2.24, 2.45) is 0 Å². The van der Waals surface area contributed by atoms with E-state index in [9.17, 15) is 14.0 Å². The summed E-state index contributed by atoms with van der Waals surface area (Å²) in [5.74, 6) is -2.54. The summed E-state index contributed by atoms with van der Waals surface area (Å²) in [6, 6.07) is 10.2. The van der Waals surface area contributed by atoms with E-state index in [-0.39, 0.29) is 12.5 Å². The molecule has 0 saturated heterocycles. The Kier molecular flexibility index (Phi) is 2.98. The molecule has 1 unspecified atom stereocenters. The lowest BCUT2D eigenvalue weighted by atomic mass is 9.93. The van der Waals surface area contributed by atoms with E-state index in [4.69, 9.17) is 4.74 Å². The third-order valence-electron chi connectivity index (χ3n) is 4.32. The predicted octanol–water partition coefficient (Wildman–Crippen LogP) is 3.05. The van der Waals surface area contributed by atoms with Gasteiger partial charge in [-0.1, -0.05) is 18.2 Å². The third-order valence-corrected chi connectivity index (χ3v) is 4.32. The van der Waals surface area contributed by atoms with Crippen LogP contribution in [0.25, 0.3) is 0 Å². The lowest BCUT2D eigenvalue weighted by Crippen LogP contribution is -2.31. The number of esters is 1. The smallest absolute Gasteiger partial charge is 0.323 e. The summed E-state index contributed by atoms with van der Waals surface area (Å²) in [6.07, 6.45) is 0.537. The van der Waals surface area contributed by atoms with E-state index in [1.807, 2.05) is 24.3 Å². The monoisotopic (exact) mass is 311 g/mol. The van der Waals surface area contributed by atoms with Crippen LogP contribution >= 0.6 is 0 Å². The summed E-state index contributed by atoms with van der Waals surface area (Å²) in [4.78, 5) is 26.6. The Morgan fingerprint density at radius 1 is 1.30 bits per heavy atom. The maximum absolute atomic E-state index is 14.0. The normalized spacial score (nSPS) is 17.7. The molecule has 0 aromatic heterocycles. The zero-order chi connectivity index (χ0) is 16.1. The molecule has 23 heavy (non-hydrogen) atoms. The van der Waals surface area contributed by atoms with Crippen LogP contribution in [-0.4, -0.2) is 18.5 Å². The van der Waals surface area contributed by atoms with E-state index in [1.165, 1.54) is 17.0 Å². The number of benzene rings is 2. The van der Waals surface area contributed by atoms with Crippen LogP contribution in [0.5, 0.6) is 0 Å². The van der Waals surface area contributed by atoms with Gasteiger partial charge in [-0.3, -0.25) is 14.5 Å². The van der Waals surface area contributed by atoms with Gasteiger partial charge < -0.3 is 4.74 Å². The van der Waals surface area contributed by atoms with Crippen molar-refractivity contribution in [1.29, 1.82) is 0 Å². The fraction of sp³-hybridized carbons (Fsp3) is 0.222. The summed E-state index contributed by atoms with van der Waals surface area (Å²) in [5.41, 5.74) is 3.45. The topological polar surface area (TPSA) is 46.6 Å². The molecule has 0 radical (unpaired) electrons. The number of ether oxygens (including phenoxy) is 1. The maximum Gasteiger partial charge on any atom is 0.323 e. The molecule has 2 aliphatic heterocycles. The number of nitrogens with zero attached hydrogens (tertiary/aromatic N) is 1. The van der Waals surface area contributed by atoms with Crippen molar-refractivity contribution < 1.29 is 18.7 Å². The Labute approximate surface area is 132 Å². The van der Waals surface area contributed by atoms with Gasteiger partial charge in [0.15, 0.2) is 5.92 Å². The Hall–Kier alpha value is -2.69. The van der Waals surface area contributed by atoms with Crippen molar-refractivity contribution in [2.45, 2.75) is 19.3 Å². The highest BCUT2D eigenvalue weighted by molar-refractivity contribution is 6.20. The van der Waals surface area contributed by atoms with Crippen molar-refractivity contribution in [2.75, 3.05) is 11.5 Å². The quantitative estimate of drug-likeness (QED) is 0.632. The van der Waals surface area contributed by atoms with Crippen LogP contribution in [0.3, 0.4) is 0 Å². The number of carbonyl (C=O) groups is 2. The van der Waals surface area contributed by atoms with E-state index in [1.54, 1.807) is 6.92 Å². The number of hydrogen-bond acceptors (Lipinski definition) is 3. The summed E-state index contributed by atoms with van der Waals surface area (Å²) in [5, 5.41) is 0. The molecule has 5 heteroatoms. The van der Waals surface area contributed by atoms with Crippen LogP contribution in [0, 0.1) is 5.82 Å². The molecular weight excluding hydrogens is 297 g/mol. The highest BCUT2D eigenvalue weighted by atomic mass is 19.1. The number of fused-ring (bicyclic) bond motifs is 2. The number of halogens is 1. The molecule has 1 atom stereocenters. The predicted molar refractivity (Wildman–Crippen MR) is 82.2 cm³/mol. The van der Waals surface area contributed by atoms with E-state index in [0.29, 0.717) is 17.7 Å². The van der Waals surface area contributed by atoms with Crippen LogP contribution in [0.4, 0.5) is 15.8 Å². The van der Waals surface area contributed by atoms with Crippen LogP contribution in [0.1, 0.15) is 29.5 Å². The highest BCUT2D eigenvalue weighted by Crippen LogP contribution is 2.49. The summed E-state index contributed by atoms with van der Waals surface area (Å²) in [7, 11) is 0. The van der Waals surface area contributed by atoms with E-state index in [2.05, 4.69) is 0 Å². The first-order valence-electron chi connectivity index (χ1n) is 7.52. The molecule has 1 amide bonds. The number of para-hydroxylation sites is 1. The van der Waals surface area contributed by atoms with E-state index >= 15 is 0 Å². The standard InChI is InChI=1S/C18H14FNO3/c1-2-23-18(22)15-13-9-12(19)8-11-7-10-5-3-4-6-14(10)20(16(11)13)17(15)21/h3-6,8-9,15H,2,7H2,1H3. The molecule has 4 rings (SSSR count). The molecule has 2 heterocycles. The van der Waals surface area contributed by atoms with Gasteiger partial charge in [0.2, 0.25) is 0 Å². The lowest BCUT2D eigenvalue weighted by molar-refractivity contribution is -0.147. The fourth-order valence-corrected chi connectivity index (χ4v) is 3.45. The average molecular weight is 311 g/mol. The van der Waals surface area contributed by atoms with Crippen LogP contribution in [0.2, 0.25) is 0 Å². The first-order valence-corrected chi connectivity index (χ1v) is 7.52. The molecule has 0 saturated carbocycles. The molecule has 4 nitrogen and oxygen atoms in total. The molecule has 0 fully saturated rings. The number of anilines is 2. The van der Waals surface area contributed by atoms with Crippen LogP contribution < -0.4 is 4.90 Å². The first kappa shape index (κ1) is 13.9. The second-order valence-corrected chi connectivity index (χ2v) is 5.67. The van der Waals surface area contributed by atoms with Gasteiger partial charge in [-0.2, -0.15) is 0 Å². The van der Waals surface area contributed by atoms with E-state index in [0.717, 1.165) is 16.8 Å². The molecule has 0 spiro atoms. The number of hydrogen-bond donors (Lipinski definition) is 0. The van der Waals surface area contributed by atoms with Crippen molar-refractivity contribution >= 4 is 23.3 Å². The Morgan fingerprint density at radius 3 is 2.87 bits per heavy atom. The number of rotatable bonds is 2. The minimum absolute atomic E-state index is 0.177. The molecule has 2 aromatic carbocycles. The molecule has 0 aliphatic carbocycles.